The molecule has 0 atom stereocenters. The second-order valence-corrected chi connectivity index (χ2v) is 4.90. The number of nitrogen functional groups attached to an aromatic ring is 1. The van der Waals surface area contributed by atoms with Crippen molar-refractivity contribution in [3.8, 4) is 0 Å². The number of nitrogens with two attached hydrogens (primary N) is 1. The lowest BCUT2D eigenvalue weighted by molar-refractivity contribution is 0.961. The number of halogens is 1. The van der Waals surface area contributed by atoms with Gasteiger partial charge < -0.3 is 11.1 Å². The van der Waals surface area contributed by atoms with Gasteiger partial charge in [0.1, 0.15) is 0 Å². The molecule has 0 radical (unpaired) electrons. The van der Waals surface area contributed by atoms with Crippen LogP contribution in [0.5, 0.6) is 0 Å². The average Bonchev–Trinajstić information content (AvgIpc) is 2.33. The molecule has 0 saturated heterocycles. The summed E-state index contributed by atoms with van der Waals surface area (Å²) in [6.45, 7) is 0.872. The monoisotopic (exact) mass is 339 g/mol. The van der Waals surface area contributed by atoms with E-state index in [1.54, 1.807) is 0 Å². The molecule has 0 aliphatic carbocycles. The van der Waals surface area contributed by atoms with E-state index in [-0.39, 0.29) is 0 Å². The lowest BCUT2D eigenvalue weighted by Crippen LogP contribution is -2.07. The number of nitrogens with one attached hydrogen (secondary N) is 1. The molecule has 1 aromatic carbocycles. The van der Waals surface area contributed by atoms with Crippen LogP contribution in [-0.4, -0.2) is 11.5 Å². The van der Waals surface area contributed by atoms with Crippen LogP contribution in [0.25, 0.3) is 0 Å². The van der Waals surface area contributed by atoms with Gasteiger partial charge in [-0.15, -0.1) is 0 Å². The van der Waals surface area contributed by atoms with Gasteiger partial charge in [0, 0.05) is 39.8 Å². The third kappa shape index (κ3) is 3.59. The fraction of sp³-hybridized carbons (Fsp3) is 0.154. The van der Waals surface area contributed by atoms with Crippen LogP contribution in [0.3, 0.4) is 0 Å². The number of pyridine rings is 1. The van der Waals surface area contributed by atoms with Crippen LogP contribution in [0, 0.1) is 3.57 Å². The molecular weight excluding hydrogens is 325 g/mol. The van der Waals surface area contributed by atoms with Crippen molar-refractivity contribution in [2.24, 2.45) is 0 Å². The molecule has 0 bridgehead atoms. The van der Waals surface area contributed by atoms with Gasteiger partial charge in [-0.3, -0.25) is 4.98 Å². The highest BCUT2D eigenvalue weighted by Crippen LogP contribution is 2.20. The highest BCUT2D eigenvalue weighted by Gasteiger charge is 1.99. The van der Waals surface area contributed by atoms with Crippen molar-refractivity contribution in [3.63, 3.8) is 0 Å². The topological polar surface area (TPSA) is 50.9 Å². The summed E-state index contributed by atoms with van der Waals surface area (Å²) in [4.78, 5) is 4.28. The van der Waals surface area contributed by atoms with Gasteiger partial charge in [-0.25, -0.2) is 0 Å². The number of nitrogens with zero attached hydrogens (tertiary/aromatic N) is 1. The quantitative estimate of drug-likeness (QED) is 0.665. The van der Waals surface area contributed by atoms with Crippen molar-refractivity contribution in [1.82, 2.24) is 4.98 Å². The second kappa shape index (κ2) is 5.86. The predicted octanol–water partition coefficient (Wildman–Crippen LogP) is 2.92. The number of anilines is 2. The molecule has 0 spiro atoms. The van der Waals surface area contributed by atoms with E-state index in [0.717, 1.165) is 33.6 Å². The summed E-state index contributed by atoms with van der Waals surface area (Å²) in [7, 11) is 0. The molecule has 3 N–H and O–H groups in total. The Morgan fingerprint density at radius 3 is 2.82 bits per heavy atom. The van der Waals surface area contributed by atoms with Gasteiger partial charge in [0.25, 0.3) is 0 Å². The van der Waals surface area contributed by atoms with Crippen LogP contribution >= 0.6 is 22.6 Å². The molecule has 1 aromatic heterocycles. The van der Waals surface area contributed by atoms with Crippen molar-refractivity contribution < 1.29 is 0 Å². The first-order valence-corrected chi connectivity index (χ1v) is 6.52. The first kappa shape index (κ1) is 12.2. The highest BCUT2D eigenvalue weighted by atomic mass is 127. The average molecular weight is 339 g/mol. The molecule has 88 valence electrons. The van der Waals surface area contributed by atoms with E-state index >= 15 is 0 Å². The third-order valence-electron chi connectivity index (χ3n) is 2.42. The van der Waals surface area contributed by atoms with Crippen molar-refractivity contribution in [3.05, 3.63) is 51.9 Å². The summed E-state index contributed by atoms with van der Waals surface area (Å²) < 4.78 is 1.14. The van der Waals surface area contributed by atoms with Crippen LogP contribution in [-0.2, 0) is 6.42 Å². The van der Waals surface area contributed by atoms with Crippen molar-refractivity contribution >= 4 is 34.0 Å². The highest BCUT2D eigenvalue weighted by molar-refractivity contribution is 14.1. The summed E-state index contributed by atoms with van der Waals surface area (Å²) in [5.74, 6) is 0. The van der Waals surface area contributed by atoms with Gasteiger partial charge in [-0.05, 0) is 52.9 Å². The van der Waals surface area contributed by atoms with E-state index in [0.29, 0.717) is 0 Å². The summed E-state index contributed by atoms with van der Waals surface area (Å²) in [5.41, 5.74) is 8.72. The third-order valence-corrected chi connectivity index (χ3v) is 3.31. The Hall–Kier alpha value is -1.30. The van der Waals surface area contributed by atoms with E-state index in [2.05, 4.69) is 32.9 Å². The SMILES string of the molecule is Nc1ccc(NCCc2ccccn2)c(I)c1. The Labute approximate surface area is 115 Å². The van der Waals surface area contributed by atoms with E-state index in [1.807, 2.05) is 42.6 Å². The number of benzene rings is 1. The molecule has 1 heterocycles. The molecule has 0 amide bonds. The molecule has 0 saturated carbocycles. The maximum absolute atomic E-state index is 5.70. The maximum atomic E-state index is 5.70. The molecule has 0 unspecified atom stereocenters. The van der Waals surface area contributed by atoms with Gasteiger partial charge in [-0.2, -0.15) is 0 Å². The van der Waals surface area contributed by atoms with Crippen LogP contribution in [0.1, 0.15) is 5.69 Å². The Balaban J connectivity index is 1.90. The molecule has 0 aliphatic heterocycles. The molecule has 2 rings (SSSR count). The first-order chi connectivity index (χ1) is 8.25. The fourth-order valence-electron chi connectivity index (χ4n) is 1.55. The number of aromatic nitrogens is 1. The lowest BCUT2D eigenvalue weighted by atomic mass is 10.2. The van der Waals surface area contributed by atoms with E-state index in [4.69, 9.17) is 5.73 Å². The second-order valence-electron chi connectivity index (χ2n) is 3.74. The van der Waals surface area contributed by atoms with Gasteiger partial charge in [0.15, 0.2) is 0 Å². The van der Waals surface area contributed by atoms with Gasteiger partial charge in [0.2, 0.25) is 0 Å². The van der Waals surface area contributed by atoms with Crippen molar-refractivity contribution in [2.45, 2.75) is 6.42 Å². The van der Waals surface area contributed by atoms with E-state index in [1.165, 1.54) is 0 Å². The van der Waals surface area contributed by atoms with Crippen LogP contribution in [0.4, 0.5) is 11.4 Å². The molecule has 3 nitrogen and oxygen atoms in total. The normalized spacial score (nSPS) is 10.2. The molecule has 0 fully saturated rings. The zero-order chi connectivity index (χ0) is 12.1. The van der Waals surface area contributed by atoms with E-state index in [9.17, 15) is 0 Å². The van der Waals surface area contributed by atoms with Crippen LogP contribution < -0.4 is 11.1 Å². The predicted molar refractivity (Wildman–Crippen MR) is 80.0 cm³/mol. The summed E-state index contributed by atoms with van der Waals surface area (Å²) >= 11 is 2.28. The van der Waals surface area contributed by atoms with E-state index < -0.39 is 0 Å². The van der Waals surface area contributed by atoms with Gasteiger partial charge in [-0.1, -0.05) is 6.07 Å². The summed E-state index contributed by atoms with van der Waals surface area (Å²) in [6, 6.07) is 11.9. The smallest absolute Gasteiger partial charge is 0.0477 e. The minimum atomic E-state index is 0.796. The Morgan fingerprint density at radius 2 is 2.12 bits per heavy atom. The van der Waals surface area contributed by atoms with Crippen LogP contribution in [0.15, 0.2) is 42.6 Å². The summed E-state index contributed by atoms with van der Waals surface area (Å²) in [6.07, 6.45) is 2.74. The maximum Gasteiger partial charge on any atom is 0.0477 e. The molecule has 0 aliphatic rings. The lowest BCUT2D eigenvalue weighted by Gasteiger charge is -2.08. The minimum absolute atomic E-state index is 0.796. The molecule has 2 aromatic rings. The molecular formula is C13H14IN3. The molecule has 4 heteroatoms. The van der Waals surface area contributed by atoms with Gasteiger partial charge >= 0.3 is 0 Å². The largest absolute Gasteiger partial charge is 0.399 e. The zero-order valence-electron chi connectivity index (χ0n) is 9.36. The number of hydrogen-bond donors (Lipinski definition) is 2. The zero-order valence-corrected chi connectivity index (χ0v) is 11.5. The van der Waals surface area contributed by atoms with Gasteiger partial charge in [0.05, 0.1) is 0 Å². The number of rotatable bonds is 4. The minimum Gasteiger partial charge on any atom is -0.399 e. The Morgan fingerprint density at radius 1 is 1.24 bits per heavy atom. The summed E-state index contributed by atoms with van der Waals surface area (Å²) in [5, 5.41) is 3.39. The van der Waals surface area contributed by atoms with Crippen molar-refractivity contribution in [2.75, 3.05) is 17.6 Å². The fourth-order valence-corrected chi connectivity index (χ4v) is 2.28. The first-order valence-electron chi connectivity index (χ1n) is 5.44. The Bertz CT molecular complexity index is 485. The molecule has 17 heavy (non-hydrogen) atoms. The number of hydrogen-bond acceptors (Lipinski definition) is 3. The standard InChI is InChI=1S/C13H14IN3/c14-12-9-10(15)4-5-13(12)17-8-6-11-3-1-2-7-16-11/h1-5,7,9,17H,6,8,15H2. The Kier molecular flexibility index (Phi) is 4.19. The van der Waals surface area contributed by atoms with Crippen molar-refractivity contribution in [1.29, 1.82) is 0 Å². The van der Waals surface area contributed by atoms with Crippen LogP contribution in [0.2, 0.25) is 0 Å².